The van der Waals surface area contributed by atoms with Crippen molar-refractivity contribution in [1.82, 2.24) is 0 Å². The molecule has 3 heteroatoms. The standard InChI is InChI=1S/C9H17NO2/c1-8(2)12-5-4-11-7-9(3)6-10/h8-9H,4-5,7H2,1-3H3. The molecule has 1 unspecified atom stereocenters. The van der Waals surface area contributed by atoms with Crippen LogP contribution in [0, 0.1) is 17.2 Å². The molecular weight excluding hydrogens is 154 g/mol. The second-order valence-electron chi connectivity index (χ2n) is 3.02. The van der Waals surface area contributed by atoms with Crippen molar-refractivity contribution in [3.05, 3.63) is 0 Å². The Balaban J connectivity index is 3.07. The molecule has 0 fully saturated rings. The summed E-state index contributed by atoms with van der Waals surface area (Å²) >= 11 is 0. The monoisotopic (exact) mass is 171 g/mol. The first-order valence-corrected chi connectivity index (χ1v) is 4.25. The maximum atomic E-state index is 8.42. The normalized spacial score (nSPS) is 12.9. The molecule has 0 saturated heterocycles. The van der Waals surface area contributed by atoms with Crippen LogP contribution in [0.4, 0.5) is 0 Å². The van der Waals surface area contributed by atoms with E-state index in [1.807, 2.05) is 20.8 Å². The van der Waals surface area contributed by atoms with E-state index < -0.39 is 0 Å². The van der Waals surface area contributed by atoms with E-state index >= 15 is 0 Å². The van der Waals surface area contributed by atoms with Gasteiger partial charge in [-0.25, -0.2) is 0 Å². The molecule has 0 aromatic rings. The van der Waals surface area contributed by atoms with Crippen LogP contribution in [-0.2, 0) is 9.47 Å². The molecule has 0 aromatic carbocycles. The van der Waals surface area contributed by atoms with Gasteiger partial charge in [-0.05, 0) is 20.8 Å². The smallest absolute Gasteiger partial charge is 0.0703 e. The molecule has 3 nitrogen and oxygen atoms in total. The molecule has 0 spiro atoms. The first-order chi connectivity index (χ1) is 5.66. The summed E-state index contributed by atoms with van der Waals surface area (Å²) in [5, 5.41) is 8.42. The second-order valence-corrected chi connectivity index (χ2v) is 3.02. The van der Waals surface area contributed by atoms with Gasteiger partial charge in [-0.1, -0.05) is 0 Å². The fraction of sp³-hybridized carbons (Fsp3) is 0.889. The Bertz CT molecular complexity index is 140. The summed E-state index contributed by atoms with van der Waals surface area (Å²) in [5.74, 6) is -0.0240. The van der Waals surface area contributed by atoms with Crippen LogP contribution in [0.15, 0.2) is 0 Å². The van der Waals surface area contributed by atoms with Crippen LogP contribution < -0.4 is 0 Å². The van der Waals surface area contributed by atoms with Gasteiger partial charge in [0.1, 0.15) is 0 Å². The zero-order chi connectivity index (χ0) is 9.40. The average molecular weight is 171 g/mol. The van der Waals surface area contributed by atoms with Crippen LogP contribution in [0.25, 0.3) is 0 Å². The van der Waals surface area contributed by atoms with Crippen molar-refractivity contribution < 1.29 is 9.47 Å². The van der Waals surface area contributed by atoms with Gasteiger partial charge in [-0.3, -0.25) is 0 Å². The zero-order valence-corrected chi connectivity index (χ0v) is 8.04. The van der Waals surface area contributed by atoms with Crippen LogP contribution in [0.5, 0.6) is 0 Å². The quantitative estimate of drug-likeness (QED) is 0.570. The molecule has 0 aliphatic heterocycles. The summed E-state index contributed by atoms with van der Waals surface area (Å²) in [6, 6.07) is 2.10. The Morgan fingerprint density at radius 3 is 2.42 bits per heavy atom. The van der Waals surface area contributed by atoms with Gasteiger partial charge in [0.15, 0.2) is 0 Å². The molecule has 0 bridgehead atoms. The van der Waals surface area contributed by atoms with E-state index in [-0.39, 0.29) is 12.0 Å². The second kappa shape index (κ2) is 7.08. The minimum absolute atomic E-state index is 0.0240. The lowest BCUT2D eigenvalue weighted by atomic mass is 10.2. The molecule has 0 amide bonds. The highest BCUT2D eigenvalue weighted by molar-refractivity contribution is 4.77. The molecule has 12 heavy (non-hydrogen) atoms. The summed E-state index contributed by atoms with van der Waals surface area (Å²) in [7, 11) is 0. The highest BCUT2D eigenvalue weighted by Crippen LogP contribution is 1.93. The fourth-order valence-electron chi connectivity index (χ4n) is 0.640. The van der Waals surface area contributed by atoms with E-state index in [9.17, 15) is 0 Å². The van der Waals surface area contributed by atoms with Crippen molar-refractivity contribution in [3.8, 4) is 6.07 Å². The first-order valence-electron chi connectivity index (χ1n) is 4.25. The first kappa shape index (κ1) is 11.4. The van der Waals surface area contributed by atoms with Gasteiger partial charge in [-0.2, -0.15) is 5.26 Å². The Hall–Kier alpha value is -0.590. The predicted molar refractivity (Wildman–Crippen MR) is 46.7 cm³/mol. The average Bonchev–Trinajstić information content (AvgIpc) is 2.03. The summed E-state index contributed by atoms with van der Waals surface area (Å²) in [5.41, 5.74) is 0. The van der Waals surface area contributed by atoms with Gasteiger partial charge in [0, 0.05) is 0 Å². The summed E-state index contributed by atoms with van der Waals surface area (Å²) in [6.07, 6.45) is 0.252. The van der Waals surface area contributed by atoms with E-state index in [4.69, 9.17) is 14.7 Å². The maximum Gasteiger partial charge on any atom is 0.0703 e. The lowest BCUT2D eigenvalue weighted by molar-refractivity contribution is 0.0153. The Kier molecular flexibility index (Phi) is 6.73. The molecular formula is C9H17NO2. The van der Waals surface area contributed by atoms with Crippen LogP contribution in [0.3, 0.4) is 0 Å². The van der Waals surface area contributed by atoms with Crippen molar-refractivity contribution in [3.63, 3.8) is 0 Å². The number of nitriles is 1. The summed E-state index contributed by atoms with van der Waals surface area (Å²) in [4.78, 5) is 0. The molecule has 0 N–H and O–H groups in total. The van der Waals surface area contributed by atoms with Gasteiger partial charge in [0.25, 0.3) is 0 Å². The van der Waals surface area contributed by atoms with Crippen LogP contribution in [0.2, 0.25) is 0 Å². The predicted octanol–water partition coefficient (Wildman–Crippen LogP) is 1.59. The zero-order valence-electron chi connectivity index (χ0n) is 8.04. The van der Waals surface area contributed by atoms with Crippen molar-refractivity contribution in [2.75, 3.05) is 19.8 Å². The highest BCUT2D eigenvalue weighted by atomic mass is 16.5. The SMILES string of the molecule is CC(C#N)COCCOC(C)C. The number of hydrogen-bond acceptors (Lipinski definition) is 3. The Labute approximate surface area is 74.3 Å². The van der Waals surface area contributed by atoms with Crippen molar-refractivity contribution in [2.24, 2.45) is 5.92 Å². The highest BCUT2D eigenvalue weighted by Gasteiger charge is 1.98. The molecule has 0 heterocycles. The van der Waals surface area contributed by atoms with Gasteiger partial charge < -0.3 is 9.47 Å². The third kappa shape index (κ3) is 7.52. The van der Waals surface area contributed by atoms with E-state index in [0.717, 1.165) is 0 Å². The molecule has 70 valence electrons. The third-order valence-corrected chi connectivity index (χ3v) is 1.27. The molecule has 0 aliphatic carbocycles. The van der Waals surface area contributed by atoms with Gasteiger partial charge in [0.05, 0.1) is 37.9 Å². The molecule has 0 rings (SSSR count). The third-order valence-electron chi connectivity index (χ3n) is 1.27. The molecule has 1 atom stereocenters. The van der Waals surface area contributed by atoms with Gasteiger partial charge in [-0.15, -0.1) is 0 Å². The van der Waals surface area contributed by atoms with Gasteiger partial charge >= 0.3 is 0 Å². The maximum absolute atomic E-state index is 8.42. The largest absolute Gasteiger partial charge is 0.378 e. The van der Waals surface area contributed by atoms with Gasteiger partial charge in [0.2, 0.25) is 0 Å². The summed E-state index contributed by atoms with van der Waals surface area (Å²) < 4.78 is 10.4. The number of hydrogen-bond donors (Lipinski definition) is 0. The van der Waals surface area contributed by atoms with E-state index in [0.29, 0.717) is 19.8 Å². The lowest BCUT2D eigenvalue weighted by Crippen LogP contribution is -2.12. The molecule has 0 radical (unpaired) electrons. The Morgan fingerprint density at radius 2 is 1.92 bits per heavy atom. The van der Waals surface area contributed by atoms with E-state index in [2.05, 4.69) is 6.07 Å². The van der Waals surface area contributed by atoms with E-state index in [1.165, 1.54) is 0 Å². The van der Waals surface area contributed by atoms with Crippen molar-refractivity contribution in [2.45, 2.75) is 26.9 Å². The molecule has 0 aliphatic rings. The van der Waals surface area contributed by atoms with Crippen molar-refractivity contribution in [1.29, 1.82) is 5.26 Å². The van der Waals surface area contributed by atoms with Crippen LogP contribution in [0.1, 0.15) is 20.8 Å². The fourth-order valence-corrected chi connectivity index (χ4v) is 0.640. The lowest BCUT2D eigenvalue weighted by Gasteiger charge is -2.08. The van der Waals surface area contributed by atoms with Crippen LogP contribution >= 0.6 is 0 Å². The minimum Gasteiger partial charge on any atom is -0.378 e. The number of nitrogens with zero attached hydrogens (tertiary/aromatic N) is 1. The number of rotatable bonds is 6. The van der Waals surface area contributed by atoms with Crippen LogP contribution in [-0.4, -0.2) is 25.9 Å². The summed E-state index contributed by atoms with van der Waals surface area (Å²) in [6.45, 7) is 7.48. The van der Waals surface area contributed by atoms with E-state index in [1.54, 1.807) is 0 Å². The minimum atomic E-state index is -0.0240. The van der Waals surface area contributed by atoms with Crippen molar-refractivity contribution >= 4 is 0 Å². The Morgan fingerprint density at radius 1 is 1.25 bits per heavy atom. The molecule has 0 aromatic heterocycles. The molecule has 0 saturated carbocycles. The topological polar surface area (TPSA) is 42.2 Å². The number of ether oxygens (including phenoxy) is 2.